The van der Waals surface area contributed by atoms with Gasteiger partial charge in [0.15, 0.2) is 5.78 Å². The van der Waals surface area contributed by atoms with Crippen molar-refractivity contribution in [2.75, 3.05) is 20.3 Å². The fourth-order valence-corrected chi connectivity index (χ4v) is 1.34. The van der Waals surface area contributed by atoms with Crippen LogP contribution in [-0.2, 0) is 4.74 Å². The van der Waals surface area contributed by atoms with Crippen molar-refractivity contribution in [2.45, 2.75) is 19.8 Å². The summed E-state index contributed by atoms with van der Waals surface area (Å²) in [5.74, 6) is 0.714. The van der Waals surface area contributed by atoms with E-state index in [1.54, 1.807) is 25.6 Å². The number of carbonyl (C=O) groups excluding carboxylic acids is 1. The van der Waals surface area contributed by atoms with Crippen LogP contribution in [0.25, 0.3) is 0 Å². The summed E-state index contributed by atoms with van der Waals surface area (Å²) < 4.78 is 10.2. The van der Waals surface area contributed by atoms with Crippen molar-refractivity contribution < 1.29 is 14.3 Å². The van der Waals surface area contributed by atoms with Crippen molar-refractivity contribution in [3.05, 3.63) is 24.0 Å². The maximum Gasteiger partial charge on any atom is 0.164 e. The minimum absolute atomic E-state index is 0.0751. The third kappa shape index (κ3) is 3.98. The van der Waals surface area contributed by atoms with Gasteiger partial charge in [0.2, 0.25) is 0 Å². The van der Waals surface area contributed by atoms with E-state index < -0.39 is 0 Å². The Morgan fingerprint density at radius 1 is 1.44 bits per heavy atom. The highest BCUT2D eigenvalue weighted by Gasteiger charge is 2.07. The number of hydrogen-bond donors (Lipinski definition) is 0. The molecule has 0 amide bonds. The fourth-order valence-electron chi connectivity index (χ4n) is 1.34. The minimum atomic E-state index is 0.0751. The van der Waals surface area contributed by atoms with E-state index in [1.807, 2.05) is 6.92 Å². The maximum absolute atomic E-state index is 11.7. The fraction of sp³-hybridized carbons (Fsp3) is 0.500. The Kier molecular flexibility index (Phi) is 5.50. The van der Waals surface area contributed by atoms with Gasteiger partial charge in [0, 0.05) is 31.9 Å². The van der Waals surface area contributed by atoms with Crippen molar-refractivity contribution in [3.8, 4) is 5.75 Å². The van der Waals surface area contributed by atoms with E-state index in [9.17, 15) is 4.79 Å². The molecule has 0 aromatic carbocycles. The Hall–Kier alpha value is -1.42. The van der Waals surface area contributed by atoms with E-state index >= 15 is 0 Å². The van der Waals surface area contributed by atoms with Crippen LogP contribution in [0.2, 0.25) is 0 Å². The summed E-state index contributed by atoms with van der Waals surface area (Å²) in [5, 5.41) is 0. The predicted molar refractivity (Wildman–Crippen MR) is 60.8 cm³/mol. The molecule has 0 saturated heterocycles. The summed E-state index contributed by atoms with van der Waals surface area (Å²) in [5.41, 5.74) is 0.599. The first-order chi connectivity index (χ1) is 7.77. The number of hydrogen-bond acceptors (Lipinski definition) is 4. The Labute approximate surface area is 95.6 Å². The molecule has 1 aromatic heterocycles. The van der Waals surface area contributed by atoms with Crippen LogP contribution in [0.15, 0.2) is 18.5 Å². The lowest BCUT2D eigenvalue weighted by molar-refractivity contribution is 0.0962. The standard InChI is InChI=1S/C12H17NO3/c1-3-16-11-7-10(8-13-9-11)12(14)5-4-6-15-2/h7-9H,3-6H2,1-2H3. The van der Waals surface area contributed by atoms with Crippen molar-refractivity contribution in [1.82, 2.24) is 4.98 Å². The normalized spacial score (nSPS) is 10.1. The molecule has 1 rings (SSSR count). The molecule has 0 bridgehead atoms. The molecule has 1 aromatic rings. The lowest BCUT2D eigenvalue weighted by Gasteiger charge is -2.04. The van der Waals surface area contributed by atoms with Gasteiger partial charge in [-0.1, -0.05) is 0 Å². The summed E-state index contributed by atoms with van der Waals surface area (Å²) in [6.07, 6.45) is 4.38. The second kappa shape index (κ2) is 6.95. The van der Waals surface area contributed by atoms with Gasteiger partial charge in [-0.15, -0.1) is 0 Å². The smallest absolute Gasteiger partial charge is 0.164 e. The Morgan fingerprint density at radius 3 is 2.94 bits per heavy atom. The van der Waals surface area contributed by atoms with Crippen LogP contribution in [0.4, 0.5) is 0 Å². The van der Waals surface area contributed by atoms with Gasteiger partial charge in [0.1, 0.15) is 5.75 Å². The molecule has 0 aliphatic carbocycles. The summed E-state index contributed by atoms with van der Waals surface area (Å²) in [7, 11) is 1.63. The van der Waals surface area contributed by atoms with Gasteiger partial charge in [-0.2, -0.15) is 0 Å². The van der Waals surface area contributed by atoms with E-state index in [0.29, 0.717) is 30.9 Å². The van der Waals surface area contributed by atoms with Crippen molar-refractivity contribution in [2.24, 2.45) is 0 Å². The molecular weight excluding hydrogens is 206 g/mol. The average molecular weight is 223 g/mol. The zero-order valence-corrected chi connectivity index (χ0v) is 9.73. The van der Waals surface area contributed by atoms with Crippen molar-refractivity contribution in [3.63, 3.8) is 0 Å². The summed E-state index contributed by atoms with van der Waals surface area (Å²) in [6, 6.07) is 1.73. The van der Waals surface area contributed by atoms with E-state index in [0.717, 1.165) is 6.42 Å². The molecule has 0 fully saturated rings. The van der Waals surface area contributed by atoms with Crippen LogP contribution >= 0.6 is 0 Å². The van der Waals surface area contributed by atoms with Crippen LogP contribution in [0.1, 0.15) is 30.1 Å². The number of nitrogens with zero attached hydrogens (tertiary/aromatic N) is 1. The van der Waals surface area contributed by atoms with Gasteiger partial charge >= 0.3 is 0 Å². The van der Waals surface area contributed by atoms with Crippen LogP contribution in [0, 0.1) is 0 Å². The monoisotopic (exact) mass is 223 g/mol. The predicted octanol–water partition coefficient (Wildman–Crippen LogP) is 2.09. The number of Topliss-reactive ketones (excluding diaryl/α,β-unsaturated/α-hetero) is 1. The lowest BCUT2D eigenvalue weighted by Crippen LogP contribution is -2.03. The minimum Gasteiger partial charge on any atom is -0.492 e. The van der Waals surface area contributed by atoms with Gasteiger partial charge in [0.25, 0.3) is 0 Å². The molecular formula is C12H17NO3. The SMILES string of the molecule is CCOc1cncc(C(=O)CCCOC)c1. The highest BCUT2D eigenvalue weighted by atomic mass is 16.5. The molecule has 88 valence electrons. The molecule has 0 N–H and O–H groups in total. The Morgan fingerprint density at radius 2 is 2.25 bits per heavy atom. The zero-order valence-electron chi connectivity index (χ0n) is 9.73. The molecule has 0 saturated carbocycles. The molecule has 0 spiro atoms. The zero-order chi connectivity index (χ0) is 11.8. The molecule has 4 heteroatoms. The molecule has 0 aliphatic heterocycles. The van der Waals surface area contributed by atoms with Crippen LogP contribution < -0.4 is 4.74 Å². The van der Waals surface area contributed by atoms with E-state index in [1.165, 1.54) is 0 Å². The first-order valence-electron chi connectivity index (χ1n) is 5.38. The van der Waals surface area contributed by atoms with Crippen molar-refractivity contribution in [1.29, 1.82) is 0 Å². The number of ketones is 1. The number of pyridine rings is 1. The maximum atomic E-state index is 11.7. The molecule has 0 atom stereocenters. The third-order valence-electron chi connectivity index (χ3n) is 2.10. The third-order valence-corrected chi connectivity index (χ3v) is 2.10. The molecule has 0 unspecified atom stereocenters. The number of rotatable bonds is 7. The highest BCUT2D eigenvalue weighted by Crippen LogP contribution is 2.13. The Bertz CT molecular complexity index is 339. The summed E-state index contributed by atoms with van der Waals surface area (Å²) in [6.45, 7) is 3.07. The number of carbonyl (C=O) groups is 1. The van der Waals surface area contributed by atoms with E-state index in [4.69, 9.17) is 9.47 Å². The largest absolute Gasteiger partial charge is 0.492 e. The van der Waals surface area contributed by atoms with Gasteiger partial charge < -0.3 is 9.47 Å². The van der Waals surface area contributed by atoms with Crippen molar-refractivity contribution >= 4 is 5.78 Å². The quantitative estimate of drug-likeness (QED) is 0.524. The van der Waals surface area contributed by atoms with Crippen LogP contribution in [0.3, 0.4) is 0 Å². The van der Waals surface area contributed by atoms with E-state index in [2.05, 4.69) is 4.98 Å². The van der Waals surface area contributed by atoms with Crippen LogP contribution in [0.5, 0.6) is 5.75 Å². The molecule has 4 nitrogen and oxygen atoms in total. The average Bonchev–Trinajstić information content (AvgIpc) is 2.30. The number of methoxy groups -OCH3 is 1. The number of ether oxygens (including phenoxy) is 2. The molecule has 16 heavy (non-hydrogen) atoms. The molecule has 1 heterocycles. The van der Waals surface area contributed by atoms with Gasteiger partial charge in [-0.25, -0.2) is 0 Å². The van der Waals surface area contributed by atoms with E-state index in [-0.39, 0.29) is 5.78 Å². The first kappa shape index (κ1) is 12.6. The first-order valence-corrected chi connectivity index (χ1v) is 5.38. The second-order valence-corrected chi connectivity index (χ2v) is 3.36. The Balaban J connectivity index is 2.57. The number of aromatic nitrogens is 1. The van der Waals surface area contributed by atoms with Gasteiger partial charge in [0.05, 0.1) is 12.8 Å². The molecule has 0 aliphatic rings. The van der Waals surface area contributed by atoms with Gasteiger partial charge in [-0.3, -0.25) is 9.78 Å². The summed E-state index contributed by atoms with van der Waals surface area (Å²) in [4.78, 5) is 15.7. The van der Waals surface area contributed by atoms with Crippen LogP contribution in [-0.4, -0.2) is 31.1 Å². The molecule has 0 radical (unpaired) electrons. The second-order valence-electron chi connectivity index (χ2n) is 3.36. The lowest BCUT2D eigenvalue weighted by atomic mass is 10.1. The topological polar surface area (TPSA) is 48.4 Å². The van der Waals surface area contributed by atoms with Gasteiger partial charge in [-0.05, 0) is 19.4 Å². The highest BCUT2D eigenvalue weighted by molar-refractivity contribution is 5.96. The summed E-state index contributed by atoms with van der Waals surface area (Å²) >= 11 is 0.